The SMILES string of the molecule is CCCCC(=O)NC(Nc1nc2c(F)cccc2s1)(C(=O)OCC)C(F)(F)F. The molecule has 1 atom stereocenters. The Hall–Kier alpha value is -2.43. The minimum atomic E-state index is -5.25. The van der Waals surface area contributed by atoms with Crippen molar-refractivity contribution >= 4 is 38.6 Å². The molecule has 2 rings (SSSR count). The molecular weight excluding hydrogens is 402 g/mol. The van der Waals surface area contributed by atoms with Crippen LogP contribution in [0.5, 0.6) is 0 Å². The number of amides is 1. The number of benzene rings is 1. The molecular formula is C17H19F4N3O3S. The predicted molar refractivity (Wildman–Crippen MR) is 96.3 cm³/mol. The average molecular weight is 421 g/mol. The van der Waals surface area contributed by atoms with Crippen molar-refractivity contribution in [1.82, 2.24) is 10.3 Å². The molecule has 1 unspecified atom stereocenters. The number of para-hydroxylation sites is 1. The first-order valence-electron chi connectivity index (χ1n) is 8.52. The van der Waals surface area contributed by atoms with E-state index >= 15 is 0 Å². The van der Waals surface area contributed by atoms with Gasteiger partial charge in [-0.05, 0) is 25.5 Å². The lowest BCUT2D eigenvalue weighted by Gasteiger charge is -2.34. The number of aromatic nitrogens is 1. The molecule has 6 nitrogen and oxygen atoms in total. The molecule has 0 aliphatic heterocycles. The predicted octanol–water partition coefficient (Wildman–Crippen LogP) is 3.98. The Balaban J connectivity index is 2.48. The van der Waals surface area contributed by atoms with Crippen molar-refractivity contribution in [2.75, 3.05) is 11.9 Å². The first kappa shape index (κ1) is 21.9. The maximum atomic E-state index is 14.0. The summed E-state index contributed by atoms with van der Waals surface area (Å²) in [6.45, 7) is 2.77. The van der Waals surface area contributed by atoms with Crippen LogP contribution in [0.15, 0.2) is 18.2 Å². The number of rotatable bonds is 8. The highest BCUT2D eigenvalue weighted by molar-refractivity contribution is 7.22. The second-order valence-corrected chi connectivity index (χ2v) is 6.88. The molecule has 1 heterocycles. The summed E-state index contributed by atoms with van der Waals surface area (Å²) in [6, 6.07) is 3.97. The Labute approximate surface area is 162 Å². The zero-order valence-electron chi connectivity index (χ0n) is 15.2. The lowest BCUT2D eigenvalue weighted by molar-refractivity contribution is -0.207. The summed E-state index contributed by atoms with van der Waals surface area (Å²) in [4.78, 5) is 28.1. The fourth-order valence-corrected chi connectivity index (χ4v) is 3.30. The molecule has 0 saturated heterocycles. The maximum Gasteiger partial charge on any atom is 0.442 e. The van der Waals surface area contributed by atoms with E-state index in [-0.39, 0.29) is 28.4 Å². The molecule has 0 aliphatic rings. The summed E-state index contributed by atoms with van der Waals surface area (Å²) in [7, 11) is 0. The first-order valence-corrected chi connectivity index (χ1v) is 9.34. The Morgan fingerprint density at radius 1 is 1.25 bits per heavy atom. The van der Waals surface area contributed by atoms with E-state index in [1.807, 2.05) is 5.32 Å². The highest BCUT2D eigenvalue weighted by atomic mass is 32.1. The van der Waals surface area contributed by atoms with Crippen LogP contribution in [-0.2, 0) is 14.3 Å². The molecule has 154 valence electrons. The number of esters is 1. The quantitative estimate of drug-likeness (QED) is 0.383. The standard InChI is InChI=1S/C17H19F4N3O3S/c1-3-5-9-12(25)23-16(17(19,20)21,14(26)27-4-2)24-15-22-13-10(18)7-6-8-11(13)28-15/h6-8H,3-5,9H2,1-2H3,(H,22,24)(H,23,25). The number of hydrogen-bond acceptors (Lipinski definition) is 6. The van der Waals surface area contributed by atoms with Crippen LogP contribution in [-0.4, -0.2) is 35.3 Å². The van der Waals surface area contributed by atoms with Crippen LogP contribution in [0, 0.1) is 5.82 Å². The number of carbonyl (C=O) groups excluding carboxylic acids is 2. The van der Waals surface area contributed by atoms with Crippen LogP contribution < -0.4 is 10.6 Å². The van der Waals surface area contributed by atoms with Gasteiger partial charge in [-0.3, -0.25) is 4.79 Å². The van der Waals surface area contributed by atoms with E-state index in [1.165, 1.54) is 19.1 Å². The second-order valence-electron chi connectivity index (χ2n) is 5.85. The fraction of sp³-hybridized carbons (Fsp3) is 0.471. The van der Waals surface area contributed by atoms with Crippen molar-refractivity contribution in [2.45, 2.75) is 44.9 Å². The number of halogens is 4. The van der Waals surface area contributed by atoms with E-state index in [0.29, 0.717) is 24.2 Å². The van der Waals surface area contributed by atoms with Crippen LogP contribution in [0.3, 0.4) is 0 Å². The Kier molecular flexibility index (Phi) is 6.81. The summed E-state index contributed by atoms with van der Waals surface area (Å²) < 4.78 is 60.6. The molecule has 28 heavy (non-hydrogen) atoms. The van der Waals surface area contributed by atoms with Gasteiger partial charge in [-0.15, -0.1) is 0 Å². The van der Waals surface area contributed by atoms with Gasteiger partial charge >= 0.3 is 17.8 Å². The topological polar surface area (TPSA) is 80.3 Å². The van der Waals surface area contributed by atoms with E-state index in [1.54, 1.807) is 12.2 Å². The lowest BCUT2D eigenvalue weighted by Crippen LogP contribution is -2.69. The number of thiazole rings is 1. The van der Waals surface area contributed by atoms with Crippen molar-refractivity contribution < 1.29 is 31.9 Å². The smallest absolute Gasteiger partial charge is 0.442 e. The minimum Gasteiger partial charge on any atom is -0.463 e. The Morgan fingerprint density at radius 3 is 2.54 bits per heavy atom. The molecule has 0 saturated carbocycles. The number of alkyl halides is 3. The van der Waals surface area contributed by atoms with Gasteiger partial charge in [0.25, 0.3) is 0 Å². The molecule has 0 radical (unpaired) electrons. The molecule has 2 N–H and O–H groups in total. The third-order valence-corrected chi connectivity index (χ3v) is 4.69. The van der Waals surface area contributed by atoms with Crippen molar-refractivity contribution in [1.29, 1.82) is 0 Å². The Morgan fingerprint density at radius 2 is 1.96 bits per heavy atom. The molecule has 2 aromatic rings. The normalized spacial score (nSPS) is 13.8. The van der Waals surface area contributed by atoms with Gasteiger partial charge in [0.1, 0.15) is 11.3 Å². The fourth-order valence-electron chi connectivity index (χ4n) is 2.37. The zero-order chi connectivity index (χ0) is 20.9. The molecule has 0 aliphatic carbocycles. The molecule has 0 bridgehead atoms. The third kappa shape index (κ3) is 4.51. The van der Waals surface area contributed by atoms with Gasteiger partial charge in [0, 0.05) is 6.42 Å². The number of anilines is 1. The summed E-state index contributed by atoms with van der Waals surface area (Å²) in [5.74, 6) is -3.43. The van der Waals surface area contributed by atoms with Gasteiger partial charge in [0.15, 0.2) is 5.13 Å². The number of hydrogen-bond donors (Lipinski definition) is 2. The van der Waals surface area contributed by atoms with E-state index in [0.717, 1.165) is 6.07 Å². The Bertz CT molecular complexity index is 856. The van der Waals surface area contributed by atoms with E-state index in [4.69, 9.17) is 0 Å². The summed E-state index contributed by atoms with van der Waals surface area (Å²) in [5, 5.41) is 3.28. The maximum absolute atomic E-state index is 14.0. The molecule has 11 heteroatoms. The molecule has 1 aromatic heterocycles. The number of carbonyl (C=O) groups is 2. The van der Waals surface area contributed by atoms with Crippen LogP contribution in [0.2, 0.25) is 0 Å². The largest absolute Gasteiger partial charge is 0.463 e. The van der Waals surface area contributed by atoms with Gasteiger partial charge in [-0.25, -0.2) is 14.2 Å². The zero-order valence-corrected chi connectivity index (χ0v) is 16.0. The number of ether oxygens (including phenoxy) is 1. The summed E-state index contributed by atoms with van der Waals surface area (Å²) in [5.41, 5.74) is -3.69. The van der Waals surface area contributed by atoms with Crippen molar-refractivity contribution in [3.8, 4) is 0 Å². The van der Waals surface area contributed by atoms with Crippen molar-refractivity contribution in [3.63, 3.8) is 0 Å². The van der Waals surface area contributed by atoms with Gasteiger partial charge in [-0.1, -0.05) is 30.7 Å². The van der Waals surface area contributed by atoms with E-state index in [9.17, 15) is 27.2 Å². The monoisotopic (exact) mass is 421 g/mol. The third-order valence-electron chi connectivity index (χ3n) is 3.76. The molecule has 1 amide bonds. The van der Waals surface area contributed by atoms with E-state index < -0.39 is 29.5 Å². The number of fused-ring (bicyclic) bond motifs is 1. The lowest BCUT2D eigenvalue weighted by atomic mass is 10.1. The molecule has 1 aromatic carbocycles. The van der Waals surface area contributed by atoms with Crippen LogP contribution in [0.1, 0.15) is 33.1 Å². The van der Waals surface area contributed by atoms with Gasteiger partial charge in [0.05, 0.1) is 11.3 Å². The molecule has 0 spiro atoms. The van der Waals surface area contributed by atoms with Gasteiger partial charge in [-0.2, -0.15) is 13.2 Å². The molecule has 0 fully saturated rings. The number of nitrogens with zero attached hydrogens (tertiary/aromatic N) is 1. The number of unbranched alkanes of at least 4 members (excludes halogenated alkanes) is 1. The van der Waals surface area contributed by atoms with Crippen LogP contribution in [0.4, 0.5) is 22.7 Å². The van der Waals surface area contributed by atoms with E-state index in [2.05, 4.69) is 9.72 Å². The van der Waals surface area contributed by atoms with Crippen molar-refractivity contribution in [2.24, 2.45) is 0 Å². The van der Waals surface area contributed by atoms with Crippen LogP contribution >= 0.6 is 11.3 Å². The van der Waals surface area contributed by atoms with Gasteiger partial charge in [0.2, 0.25) is 5.91 Å². The summed E-state index contributed by atoms with van der Waals surface area (Å²) >= 11 is 0.714. The summed E-state index contributed by atoms with van der Waals surface area (Å²) in [6.07, 6.45) is -4.53. The average Bonchev–Trinajstić information content (AvgIpc) is 3.02. The van der Waals surface area contributed by atoms with Gasteiger partial charge < -0.3 is 15.4 Å². The van der Waals surface area contributed by atoms with Crippen molar-refractivity contribution in [3.05, 3.63) is 24.0 Å². The van der Waals surface area contributed by atoms with Crippen LogP contribution in [0.25, 0.3) is 10.2 Å². The second kappa shape index (κ2) is 8.72. The highest BCUT2D eigenvalue weighted by Crippen LogP contribution is 2.36. The number of nitrogens with one attached hydrogen (secondary N) is 2. The highest BCUT2D eigenvalue weighted by Gasteiger charge is 2.64. The minimum absolute atomic E-state index is 0.146. The first-order chi connectivity index (χ1) is 13.1.